The fourth-order valence-electron chi connectivity index (χ4n) is 2.86. The fraction of sp³-hybridized carbons (Fsp3) is 0.571. The van der Waals surface area contributed by atoms with Gasteiger partial charge in [0.05, 0.1) is 11.6 Å². The van der Waals surface area contributed by atoms with Crippen LogP contribution >= 0.6 is 23.2 Å². The van der Waals surface area contributed by atoms with Gasteiger partial charge in [-0.05, 0) is 25.0 Å². The molecular weight excluding hydrogens is 333 g/mol. The molecule has 0 aliphatic heterocycles. The quantitative estimate of drug-likeness (QED) is 0.883. The van der Waals surface area contributed by atoms with Crippen LogP contribution in [0.15, 0.2) is 17.0 Å². The third kappa shape index (κ3) is 3.22. The first-order chi connectivity index (χ1) is 9.93. The summed E-state index contributed by atoms with van der Waals surface area (Å²) in [5.41, 5.74) is 0.252. The molecule has 0 atom stereocenters. The highest BCUT2D eigenvalue weighted by Crippen LogP contribution is 2.35. The molecule has 0 spiro atoms. The summed E-state index contributed by atoms with van der Waals surface area (Å²) in [5.74, 6) is 0. The zero-order valence-electron chi connectivity index (χ0n) is 11.8. The SMILES string of the molecule is CCN(C1CCCC1)S(=O)(=O)c1ccc(Cl)c(CO)c1Cl. The van der Waals surface area contributed by atoms with Crippen molar-refractivity contribution in [2.45, 2.75) is 50.2 Å². The van der Waals surface area contributed by atoms with Crippen LogP contribution in [-0.2, 0) is 16.6 Å². The largest absolute Gasteiger partial charge is 0.392 e. The van der Waals surface area contributed by atoms with Crippen LogP contribution < -0.4 is 0 Å². The molecule has 1 aliphatic carbocycles. The third-order valence-electron chi connectivity index (χ3n) is 3.94. The number of aliphatic hydroxyl groups excluding tert-OH is 1. The predicted octanol–water partition coefficient (Wildman–Crippen LogP) is 3.44. The Morgan fingerprint density at radius 2 is 1.90 bits per heavy atom. The zero-order valence-corrected chi connectivity index (χ0v) is 14.2. The molecule has 1 aromatic carbocycles. The molecule has 4 nitrogen and oxygen atoms in total. The van der Waals surface area contributed by atoms with Crippen LogP contribution in [0.4, 0.5) is 0 Å². The average Bonchev–Trinajstić information content (AvgIpc) is 2.93. The van der Waals surface area contributed by atoms with Crippen LogP contribution in [-0.4, -0.2) is 30.4 Å². The van der Waals surface area contributed by atoms with E-state index in [1.807, 2.05) is 6.92 Å². The summed E-state index contributed by atoms with van der Waals surface area (Å²) in [6, 6.07) is 2.91. The fourth-order valence-corrected chi connectivity index (χ4v) is 5.43. The molecule has 0 radical (unpaired) electrons. The molecule has 1 saturated carbocycles. The van der Waals surface area contributed by atoms with Gasteiger partial charge in [-0.3, -0.25) is 0 Å². The van der Waals surface area contributed by atoms with Gasteiger partial charge in [-0.1, -0.05) is 43.0 Å². The van der Waals surface area contributed by atoms with Crippen LogP contribution in [0.3, 0.4) is 0 Å². The van der Waals surface area contributed by atoms with Crippen molar-refractivity contribution < 1.29 is 13.5 Å². The second-order valence-corrected chi connectivity index (χ2v) is 7.79. The first kappa shape index (κ1) is 17.0. The average molecular weight is 352 g/mol. The van der Waals surface area contributed by atoms with Gasteiger partial charge in [0.1, 0.15) is 4.90 Å². The molecule has 1 aromatic rings. The van der Waals surface area contributed by atoms with E-state index in [2.05, 4.69) is 0 Å². The number of hydrogen-bond acceptors (Lipinski definition) is 3. The van der Waals surface area contributed by atoms with Gasteiger partial charge in [-0.25, -0.2) is 8.42 Å². The highest BCUT2D eigenvalue weighted by molar-refractivity contribution is 7.89. The molecule has 0 amide bonds. The lowest BCUT2D eigenvalue weighted by Gasteiger charge is -2.27. The minimum atomic E-state index is -3.68. The van der Waals surface area contributed by atoms with E-state index in [1.54, 1.807) is 0 Å². The molecule has 21 heavy (non-hydrogen) atoms. The summed E-state index contributed by atoms with van der Waals surface area (Å²) in [5, 5.41) is 9.60. The lowest BCUT2D eigenvalue weighted by Crippen LogP contribution is -2.38. The summed E-state index contributed by atoms with van der Waals surface area (Å²) in [6.45, 7) is 1.84. The van der Waals surface area contributed by atoms with Crippen molar-refractivity contribution in [1.82, 2.24) is 4.31 Å². The summed E-state index contributed by atoms with van der Waals surface area (Å²) in [6.07, 6.45) is 3.86. The summed E-state index contributed by atoms with van der Waals surface area (Å²) in [7, 11) is -3.68. The van der Waals surface area contributed by atoms with Crippen molar-refractivity contribution in [2.75, 3.05) is 6.54 Å². The maximum Gasteiger partial charge on any atom is 0.244 e. The Morgan fingerprint density at radius 1 is 1.29 bits per heavy atom. The van der Waals surface area contributed by atoms with Gasteiger partial charge in [0, 0.05) is 23.2 Å². The predicted molar refractivity (Wildman–Crippen MR) is 84.2 cm³/mol. The maximum atomic E-state index is 12.9. The molecule has 0 heterocycles. The minimum Gasteiger partial charge on any atom is -0.392 e. The second kappa shape index (κ2) is 6.84. The highest BCUT2D eigenvalue weighted by Gasteiger charge is 2.34. The minimum absolute atomic E-state index is 0.0152. The van der Waals surface area contributed by atoms with Gasteiger partial charge < -0.3 is 5.11 Å². The Labute approximate surface area is 135 Å². The van der Waals surface area contributed by atoms with E-state index < -0.39 is 16.6 Å². The molecule has 0 aromatic heterocycles. The Balaban J connectivity index is 2.47. The van der Waals surface area contributed by atoms with E-state index in [9.17, 15) is 13.5 Å². The van der Waals surface area contributed by atoms with Crippen LogP contribution in [0.5, 0.6) is 0 Å². The smallest absolute Gasteiger partial charge is 0.244 e. The monoisotopic (exact) mass is 351 g/mol. The molecule has 1 aliphatic rings. The van der Waals surface area contributed by atoms with E-state index in [0.29, 0.717) is 6.54 Å². The number of rotatable bonds is 5. The van der Waals surface area contributed by atoms with Gasteiger partial charge in [0.2, 0.25) is 10.0 Å². The molecule has 0 bridgehead atoms. The van der Waals surface area contributed by atoms with Gasteiger partial charge >= 0.3 is 0 Å². The van der Waals surface area contributed by atoms with Crippen molar-refractivity contribution in [3.8, 4) is 0 Å². The molecular formula is C14H19Cl2NO3S. The second-order valence-electron chi connectivity index (χ2n) is 5.14. The molecule has 0 saturated heterocycles. The Kier molecular flexibility index (Phi) is 5.54. The number of nitrogens with zero attached hydrogens (tertiary/aromatic N) is 1. The van der Waals surface area contributed by atoms with Crippen molar-refractivity contribution >= 4 is 33.2 Å². The summed E-state index contributed by atoms with van der Waals surface area (Å²) >= 11 is 12.1. The van der Waals surface area contributed by atoms with Gasteiger partial charge in [0.25, 0.3) is 0 Å². The number of aliphatic hydroxyl groups is 1. The third-order valence-corrected chi connectivity index (χ3v) is 6.91. The zero-order chi connectivity index (χ0) is 15.6. The Bertz CT molecular complexity index is 613. The van der Waals surface area contributed by atoms with Gasteiger partial charge in [0.15, 0.2) is 0 Å². The lowest BCUT2D eigenvalue weighted by atomic mass is 10.2. The Morgan fingerprint density at radius 3 is 2.43 bits per heavy atom. The topological polar surface area (TPSA) is 57.6 Å². The van der Waals surface area contributed by atoms with Gasteiger partial charge in [-0.2, -0.15) is 4.31 Å². The lowest BCUT2D eigenvalue weighted by molar-refractivity contribution is 0.281. The summed E-state index contributed by atoms with van der Waals surface area (Å²) < 4.78 is 27.2. The van der Waals surface area contributed by atoms with Crippen LogP contribution in [0, 0.1) is 0 Å². The molecule has 1 fully saturated rings. The summed E-state index contributed by atoms with van der Waals surface area (Å²) in [4.78, 5) is 0.0198. The number of benzene rings is 1. The molecule has 0 unspecified atom stereocenters. The van der Waals surface area contributed by atoms with E-state index >= 15 is 0 Å². The number of halogens is 2. The van der Waals surface area contributed by atoms with Crippen molar-refractivity contribution in [2.24, 2.45) is 0 Å². The van der Waals surface area contributed by atoms with Crippen LogP contribution in [0.2, 0.25) is 10.0 Å². The van der Waals surface area contributed by atoms with E-state index in [0.717, 1.165) is 25.7 Å². The standard InChI is InChI=1S/C14H19Cl2NO3S/c1-2-17(10-5-3-4-6-10)21(19,20)13-8-7-12(15)11(9-18)14(13)16/h7-8,10,18H,2-6,9H2,1H3. The van der Waals surface area contributed by atoms with Crippen molar-refractivity contribution in [3.05, 3.63) is 27.7 Å². The number of hydrogen-bond donors (Lipinski definition) is 1. The highest BCUT2D eigenvalue weighted by atomic mass is 35.5. The van der Waals surface area contributed by atoms with Crippen molar-refractivity contribution in [1.29, 1.82) is 0 Å². The Hall–Kier alpha value is -0.330. The maximum absolute atomic E-state index is 12.9. The molecule has 1 N–H and O–H groups in total. The van der Waals surface area contributed by atoms with E-state index in [-0.39, 0.29) is 26.5 Å². The number of sulfonamides is 1. The molecule has 7 heteroatoms. The van der Waals surface area contributed by atoms with Crippen LogP contribution in [0.1, 0.15) is 38.2 Å². The van der Waals surface area contributed by atoms with Crippen LogP contribution in [0.25, 0.3) is 0 Å². The first-order valence-corrected chi connectivity index (χ1v) is 9.22. The van der Waals surface area contributed by atoms with Gasteiger partial charge in [-0.15, -0.1) is 0 Å². The normalized spacial score (nSPS) is 16.8. The van der Waals surface area contributed by atoms with E-state index in [1.165, 1.54) is 16.4 Å². The first-order valence-electron chi connectivity index (χ1n) is 7.03. The molecule has 118 valence electrons. The molecule has 2 rings (SSSR count). The van der Waals surface area contributed by atoms with Crippen molar-refractivity contribution in [3.63, 3.8) is 0 Å². The van der Waals surface area contributed by atoms with E-state index in [4.69, 9.17) is 23.2 Å².